The van der Waals surface area contributed by atoms with Gasteiger partial charge in [-0.2, -0.15) is 18.2 Å². The summed E-state index contributed by atoms with van der Waals surface area (Å²) in [5, 5.41) is 5.27. The molecule has 2 aliphatic heterocycles. The lowest BCUT2D eigenvalue weighted by Gasteiger charge is -2.30. The Kier molecular flexibility index (Phi) is 6.53. The Labute approximate surface area is 171 Å². The van der Waals surface area contributed by atoms with Crippen molar-refractivity contribution in [2.45, 2.75) is 69.1 Å². The minimum atomic E-state index is -4.49. The molecule has 1 saturated carbocycles. The van der Waals surface area contributed by atoms with Crippen LogP contribution in [0.1, 0.15) is 51.4 Å². The number of amides is 5. The lowest BCUT2D eigenvalue weighted by molar-refractivity contribution is -0.141. The third-order valence-electron chi connectivity index (χ3n) is 5.86. The van der Waals surface area contributed by atoms with Crippen LogP contribution in [0, 0.1) is 0 Å². The minimum Gasteiger partial charge on any atom is -0.346 e. The van der Waals surface area contributed by atoms with Crippen LogP contribution in [0.2, 0.25) is 0 Å². The Morgan fingerprint density at radius 2 is 1.83 bits per heavy atom. The molecule has 12 heteroatoms. The maximum absolute atomic E-state index is 12.7. The number of urea groups is 1. The smallest absolute Gasteiger partial charge is 0.346 e. The van der Waals surface area contributed by atoms with Gasteiger partial charge in [-0.25, -0.2) is 4.79 Å². The summed E-state index contributed by atoms with van der Waals surface area (Å²) in [6.07, 6.45) is 0.136. The number of likely N-dealkylation sites (tertiary alicyclic amines) is 1. The zero-order chi connectivity index (χ0) is 21.9. The summed E-state index contributed by atoms with van der Waals surface area (Å²) in [6.45, 7) is -0.793. The van der Waals surface area contributed by atoms with Crippen LogP contribution >= 0.6 is 0 Å². The predicted octanol–water partition coefficient (Wildman–Crippen LogP) is 0.805. The van der Waals surface area contributed by atoms with Crippen molar-refractivity contribution in [2.75, 3.05) is 19.6 Å². The van der Waals surface area contributed by atoms with Gasteiger partial charge in [0, 0.05) is 13.0 Å². The maximum atomic E-state index is 12.7. The molecule has 168 valence electrons. The molecule has 0 aromatic rings. The van der Waals surface area contributed by atoms with Crippen molar-refractivity contribution < 1.29 is 32.3 Å². The van der Waals surface area contributed by atoms with Crippen molar-refractivity contribution in [3.05, 3.63) is 0 Å². The highest BCUT2D eigenvalue weighted by Crippen LogP contribution is 2.33. The maximum Gasteiger partial charge on any atom is 0.405 e. The lowest BCUT2D eigenvalue weighted by Crippen LogP contribution is -2.51. The summed E-state index contributed by atoms with van der Waals surface area (Å²) in [4.78, 5) is 50.8. The number of carbonyl (C=O) groups is 4. The van der Waals surface area contributed by atoms with Crippen LogP contribution < -0.4 is 16.1 Å². The molecule has 1 spiro atoms. The molecule has 3 fully saturated rings. The zero-order valence-corrected chi connectivity index (χ0v) is 16.5. The van der Waals surface area contributed by atoms with E-state index in [0.717, 1.165) is 19.3 Å². The molecule has 3 rings (SSSR count). The molecule has 0 aromatic carbocycles. The van der Waals surface area contributed by atoms with Crippen LogP contribution in [0.25, 0.3) is 0 Å². The Balaban J connectivity index is 1.48. The van der Waals surface area contributed by atoms with Gasteiger partial charge in [-0.05, 0) is 32.2 Å². The molecule has 0 bridgehead atoms. The van der Waals surface area contributed by atoms with Crippen LogP contribution in [-0.4, -0.2) is 71.1 Å². The second kappa shape index (κ2) is 8.78. The van der Waals surface area contributed by atoms with Gasteiger partial charge in [0.15, 0.2) is 0 Å². The highest BCUT2D eigenvalue weighted by Gasteiger charge is 2.52. The quantitative estimate of drug-likeness (QED) is 0.537. The molecule has 9 nitrogen and oxygen atoms in total. The molecule has 3 aliphatic rings. The number of alkyl halides is 3. The summed E-state index contributed by atoms with van der Waals surface area (Å²) in [5.41, 5.74) is 1.37. The average molecular weight is 433 g/mol. The third kappa shape index (κ3) is 5.02. The van der Waals surface area contributed by atoms with Crippen LogP contribution in [0.15, 0.2) is 0 Å². The van der Waals surface area contributed by atoms with E-state index >= 15 is 0 Å². The summed E-state index contributed by atoms with van der Waals surface area (Å²) >= 11 is 0. The van der Waals surface area contributed by atoms with Gasteiger partial charge in [-0.3, -0.25) is 24.7 Å². The zero-order valence-electron chi connectivity index (χ0n) is 16.5. The summed E-state index contributed by atoms with van der Waals surface area (Å²) in [5.74, 6) is -1.77. The van der Waals surface area contributed by atoms with E-state index in [1.807, 2.05) is 5.32 Å². The van der Waals surface area contributed by atoms with Crippen LogP contribution in [-0.2, 0) is 14.4 Å². The van der Waals surface area contributed by atoms with Gasteiger partial charge in [-0.15, -0.1) is 0 Å². The van der Waals surface area contributed by atoms with Crippen molar-refractivity contribution in [2.24, 2.45) is 0 Å². The van der Waals surface area contributed by atoms with E-state index in [9.17, 15) is 32.3 Å². The van der Waals surface area contributed by atoms with Crippen molar-refractivity contribution in [1.29, 1.82) is 0 Å². The van der Waals surface area contributed by atoms with Crippen molar-refractivity contribution in [3.8, 4) is 0 Å². The molecule has 2 saturated heterocycles. The van der Waals surface area contributed by atoms with E-state index in [-0.39, 0.29) is 13.0 Å². The molecule has 0 radical (unpaired) electrons. The molecular formula is C18H26F3N5O4. The highest BCUT2D eigenvalue weighted by molar-refractivity contribution is 6.08. The van der Waals surface area contributed by atoms with Crippen molar-refractivity contribution in [1.82, 2.24) is 26.0 Å². The van der Waals surface area contributed by atoms with Gasteiger partial charge < -0.3 is 10.6 Å². The van der Waals surface area contributed by atoms with Gasteiger partial charge in [0.05, 0.1) is 6.04 Å². The second-order valence-corrected chi connectivity index (χ2v) is 8.03. The van der Waals surface area contributed by atoms with E-state index in [1.54, 1.807) is 4.90 Å². The first-order valence-electron chi connectivity index (χ1n) is 10.2. The number of nitrogens with zero attached hydrogens (tertiary/aromatic N) is 2. The molecule has 30 heavy (non-hydrogen) atoms. The molecule has 0 aromatic heterocycles. The fourth-order valence-corrected chi connectivity index (χ4v) is 4.34. The van der Waals surface area contributed by atoms with E-state index in [1.165, 1.54) is 0 Å². The van der Waals surface area contributed by atoms with Gasteiger partial charge in [0.2, 0.25) is 11.8 Å². The molecule has 2 heterocycles. The number of hydrogen-bond acceptors (Lipinski definition) is 5. The summed E-state index contributed by atoms with van der Waals surface area (Å²) in [6, 6.07) is -1.40. The SMILES string of the molecule is O=C(CCN1CCCC1C(=O)NCC(F)(F)F)NN1C(=O)NC2(CCCCC2)C1=O. The fourth-order valence-electron chi connectivity index (χ4n) is 4.34. The van der Waals surface area contributed by atoms with Gasteiger partial charge in [0.25, 0.3) is 5.91 Å². The molecule has 3 N–H and O–H groups in total. The summed E-state index contributed by atoms with van der Waals surface area (Å²) in [7, 11) is 0. The molecule has 5 amide bonds. The molecule has 1 unspecified atom stereocenters. The number of rotatable bonds is 6. The number of imide groups is 1. The normalized spacial score (nSPS) is 24.2. The Morgan fingerprint density at radius 3 is 2.50 bits per heavy atom. The number of hydrazine groups is 1. The van der Waals surface area contributed by atoms with Crippen LogP contribution in [0.3, 0.4) is 0 Å². The Bertz CT molecular complexity index is 708. The highest BCUT2D eigenvalue weighted by atomic mass is 19.4. The standard InChI is InChI=1S/C18H26F3N5O4/c19-18(20,21)11-22-14(28)12-5-4-9-25(12)10-6-13(27)24-26-15(29)17(23-16(26)30)7-2-1-3-8-17/h12H,1-11H2,(H,22,28)(H,23,30)(H,24,27). The van der Waals surface area contributed by atoms with Gasteiger partial charge >= 0.3 is 12.2 Å². The first kappa shape index (κ1) is 22.3. The van der Waals surface area contributed by atoms with E-state index in [4.69, 9.17) is 0 Å². The summed E-state index contributed by atoms with van der Waals surface area (Å²) < 4.78 is 36.9. The topological polar surface area (TPSA) is 111 Å². The Morgan fingerprint density at radius 1 is 1.13 bits per heavy atom. The van der Waals surface area contributed by atoms with E-state index in [2.05, 4.69) is 10.7 Å². The van der Waals surface area contributed by atoms with E-state index < -0.39 is 48.1 Å². The minimum absolute atomic E-state index is 0.104. The monoisotopic (exact) mass is 433 g/mol. The molecular weight excluding hydrogens is 407 g/mol. The number of carbonyl (C=O) groups excluding carboxylic acids is 4. The number of hydrogen-bond donors (Lipinski definition) is 3. The first-order chi connectivity index (χ1) is 14.1. The third-order valence-corrected chi connectivity index (χ3v) is 5.86. The van der Waals surface area contributed by atoms with Gasteiger partial charge in [0.1, 0.15) is 12.1 Å². The van der Waals surface area contributed by atoms with Crippen LogP contribution in [0.5, 0.6) is 0 Å². The second-order valence-electron chi connectivity index (χ2n) is 8.03. The van der Waals surface area contributed by atoms with Crippen molar-refractivity contribution >= 4 is 23.8 Å². The lowest BCUT2D eigenvalue weighted by atomic mass is 9.82. The molecule has 1 atom stereocenters. The number of nitrogens with one attached hydrogen (secondary N) is 3. The van der Waals surface area contributed by atoms with Crippen molar-refractivity contribution in [3.63, 3.8) is 0 Å². The van der Waals surface area contributed by atoms with Gasteiger partial charge in [-0.1, -0.05) is 19.3 Å². The van der Waals surface area contributed by atoms with E-state index in [0.29, 0.717) is 37.2 Å². The molecule has 1 aliphatic carbocycles. The average Bonchev–Trinajstić information content (AvgIpc) is 3.24. The Hall–Kier alpha value is -2.37. The predicted molar refractivity (Wildman–Crippen MR) is 97.6 cm³/mol. The first-order valence-corrected chi connectivity index (χ1v) is 10.2. The number of halogens is 3. The van der Waals surface area contributed by atoms with Crippen LogP contribution in [0.4, 0.5) is 18.0 Å². The largest absolute Gasteiger partial charge is 0.405 e. The fraction of sp³-hybridized carbons (Fsp3) is 0.778.